The van der Waals surface area contributed by atoms with Gasteiger partial charge in [-0.1, -0.05) is 15.9 Å². The zero-order valence-corrected chi connectivity index (χ0v) is 12.0. The molecule has 1 saturated heterocycles. The van der Waals surface area contributed by atoms with E-state index in [9.17, 15) is 4.79 Å². The summed E-state index contributed by atoms with van der Waals surface area (Å²) in [5.74, 6) is 0.421. The summed E-state index contributed by atoms with van der Waals surface area (Å²) >= 11 is 3.32. The van der Waals surface area contributed by atoms with E-state index < -0.39 is 6.10 Å². The molecule has 0 aromatic heterocycles. The van der Waals surface area contributed by atoms with E-state index >= 15 is 0 Å². The van der Waals surface area contributed by atoms with E-state index in [0.29, 0.717) is 18.8 Å². The number of hydrogen-bond acceptors (Lipinski definition) is 3. The third kappa shape index (κ3) is 3.48. The molecule has 1 aromatic carbocycles. The molecule has 1 unspecified atom stereocenters. The molecular weight excluding hydrogens is 271 g/mol. The second-order valence-corrected chi connectivity index (χ2v) is 3.93. The van der Waals surface area contributed by atoms with Gasteiger partial charge in [0.15, 0.2) is 6.10 Å². The van der Waals surface area contributed by atoms with Crippen LogP contribution in [0.1, 0.15) is 7.85 Å². The van der Waals surface area contributed by atoms with Crippen molar-refractivity contribution in [3.05, 3.63) is 28.7 Å². The fourth-order valence-electron chi connectivity index (χ4n) is 1.26. The first-order valence-corrected chi connectivity index (χ1v) is 5.14. The van der Waals surface area contributed by atoms with Crippen molar-refractivity contribution < 1.29 is 45.3 Å². The van der Waals surface area contributed by atoms with Crippen molar-refractivity contribution in [3.8, 4) is 5.75 Å². The molecule has 0 spiro atoms. The maximum absolute atomic E-state index is 11.1. The van der Waals surface area contributed by atoms with Crippen molar-refractivity contribution in [2.45, 2.75) is 12.5 Å². The second kappa shape index (κ2) is 5.89. The van der Waals surface area contributed by atoms with Crippen molar-refractivity contribution in [1.29, 1.82) is 0 Å². The van der Waals surface area contributed by atoms with Crippen LogP contribution in [0.25, 0.3) is 0 Å². The summed E-state index contributed by atoms with van der Waals surface area (Å²) in [6.07, 6.45) is 0.200. The van der Waals surface area contributed by atoms with Crippen LogP contribution in [0.5, 0.6) is 5.75 Å². The molecule has 76 valence electrons. The summed E-state index contributed by atoms with van der Waals surface area (Å²) in [5, 5.41) is 0. The number of carbonyl (C=O) groups is 1. The third-order valence-corrected chi connectivity index (χ3v) is 2.51. The Bertz CT molecular complexity index is 344. The Morgan fingerprint density at radius 2 is 2.07 bits per heavy atom. The molecule has 5 heteroatoms. The zero-order chi connectivity index (χ0) is 9.97. The average molecular weight is 281 g/mol. The topological polar surface area (TPSA) is 35.5 Å². The van der Waals surface area contributed by atoms with Crippen molar-refractivity contribution in [2.24, 2.45) is 0 Å². The van der Waals surface area contributed by atoms with Gasteiger partial charge in [-0.05, 0) is 24.3 Å². The van der Waals surface area contributed by atoms with Crippen molar-refractivity contribution in [3.63, 3.8) is 0 Å². The number of halogens is 1. The molecule has 0 amide bonds. The Kier molecular flexibility index (Phi) is 5.12. The Morgan fingerprint density at radius 3 is 2.60 bits per heavy atom. The number of ether oxygens (including phenoxy) is 2. The predicted molar refractivity (Wildman–Crippen MR) is 55.2 cm³/mol. The minimum Gasteiger partial charge on any atom is -1.00 e. The average Bonchev–Trinajstić information content (AvgIpc) is 2.56. The summed E-state index contributed by atoms with van der Waals surface area (Å²) < 4.78 is 11.2. The first kappa shape index (κ1) is 13.0. The van der Waals surface area contributed by atoms with Crippen molar-refractivity contribution in [1.82, 2.24) is 0 Å². The van der Waals surface area contributed by atoms with E-state index in [2.05, 4.69) is 15.9 Å². The first-order valence-electron chi connectivity index (χ1n) is 4.34. The van der Waals surface area contributed by atoms with Gasteiger partial charge in [0.1, 0.15) is 5.75 Å². The van der Waals surface area contributed by atoms with Crippen LogP contribution in [0.2, 0.25) is 0 Å². The van der Waals surface area contributed by atoms with Crippen molar-refractivity contribution in [2.75, 3.05) is 6.61 Å². The van der Waals surface area contributed by atoms with E-state index in [1.807, 2.05) is 24.3 Å². The van der Waals surface area contributed by atoms with Gasteiger partial charge in [-0.2, -0.15) is 0 Å². The van der Waals surface area contributed by atoms with Gasteiger partial charge < -0.3 is 10.9 Å². The van der Waals surface area contributed by atoms with Crippen LogP contribution in [-0.4, -0.2) is 18.7 Å². The molecular formula is C10H10BrNaO3. The Morgan fingerprint density at radius 1 is 1.40 bits per heavy atom. The van der Waals surface area contributed by atoms with Crippen LogP contribution in [-0.2, 0) is 9.53 Å². The van der Waals surface area contributed by atoms with Crippen LogP contribution in [0, 0.1) is 0 Å². The molecule has 0 N–H and O–H groups in total. The molecule has 1 aliphatic heterocycles. The van der Waals surface area contributed by atoms with Gasteiger partial charge in [0, 0.05) is 10.9 Å². The van der Waals surface area contributed by atoms with E-state index in [4.69, 9.17) is 9.47 Å². The zero-order valence-electron chi connectivity index (χ0n) is 9.40. The minimum atomic E-state index is -0.434. The van der Waals surface area contributed by atoms with Crippen molar-refractivity contribution >= 4 is 21.9 Å². The Balaban J connectivity index is 0.00000112. The van der Waals surface area contributed by atoms with E-state index in [-0.39, 0.29) is 37.0 Å². The van der Waals surface area contributed by atoms with Crippen LogP contribution in [0.15, 0.2) is 28.7 Å². The number of benzene rings is 1. The van der Waals surface area contributed by atoms with E-state index in [1.54, 1.807) is 0 Å². The molecule has 0 bridgehead atoms. The summed E-state index contributed by atoms with van der Waals surface area (Å²) in [5.41, 5.74) is 0. The van der Waals surface area contributed by atoms with Gasteiger partial charge in [0.05, 0.1) is 6.61 Å². The summed E-state index contributed by atoms with van der Waals surface area (Å²) in [6.45, 7) is 0.458. The fraction of sp³-hybridized carbons (Fsp3) is 0.300. The maximum Gasteiger partial charge on any atom is 1.00 e. The molecule has 0 saturated carbocycles. The number of rotatable bonds is 2. The normalized spacial score (nSPS) is 19.3. The standard InChI is InChI=1S/C10H9BrO3.Na.H/c11-7-1-3-8(4-2-7)14-9-5-6-13-10(9)12;;/h1-4,9H,5-6H2;;/q;+1;-1. The minimum absolute atomic E-state index is 0. The van der Waals surface area contributed by atoms with Gasteiger partial charge in [-0.25, -0.2) is 4.79 Å². The smallest absolute Gasteiger partial charge is 1.00 e. The van der Waals surface area contributed by atoms with Crippen LogP contribution in [0.3, 0.4) is 0 Å². The molecule has 1 fully saturated rings. The number of hydrogen-bond donors (Lipinski definition) is 0. The first-order chi connectivity index (χ1) is 6.75. The third-order valence-electron chi connectivity index (χ3n) is 1.98. The molecule has 1 aromatic rings. The monoisotopic (exact) mass is 280 g/mol. The van der Waals surface area contributed by atoms with Gasteiger partial charge in [0.25, 0.3) is 0 Å². The number of carbonyl (C=O) groups excluding carboxylic acids is 1. The number of esters is 1. The SMILES string of the molecule is O=C1OCCC1Oc1ccc(Br)cc1.[H-].[Na+]. The quantitative estimate of drug-likeness (QED) is 0.529. The van der Waals surface area contributed by atoms with Crippen LogP contribution < -0.4 is 34.3 Å². The number of cyclic esters (lactones) is 1. The molecule has 1 heterocycles. The summed E-state index contributed by atoms with van der Waals surface area (Å²) in [6, 6.07) is 7.37. The van der Waals surface area contributed by atoms with Crippen LogP contribution >= 0.6 is 15.9 Å². The molecule has 3 nitrogen and oxygen atoms in total. The predicted octanol–water partition coefficient (Wildman–Crippen LogP) is -0.740. The summed E-state index contributed by atoms with van der Waals surface area (Å²) in [7, 11) is 0. The molecule has 1 aliphatic rings. The fourth-order valence-corrected chi connectivity index (χ4v) is 1.53. The van der Waals surface area contributed by atoms with Crippen LogP contribution in [0.4, 0.5) is 0 Å². The van der Waals surface area contributed by atoms with Gasteiger partial charge in [0.2, 0.25) is 0 Å². The van der Waals surface area contributed by atoms with E-state index in [1.165, 1.54) is 0 Å². The molecule has 15 heavy (non-hydrogen) atoms. The van der Waals surface area contributed by atoms with Gasteiger partial charge >= 0.3 is 35.5 Å². The summed E-state index contributed by atoms with van der Waals surface area (Å²) in [4.78, 5) is 11.1. The van der Waals surface area contributed by atoms with E-state index in [0.717, 1.165) is 4.47 Å². The molecule has 0 aliphatic carbocycles. The maximum atomic E-state index is 11.1. The van der Waals surface area contributed by atoms with Gasteiger partial charge in [-0.3, -0.25) is 0 Å². The Hall–Kier alpha value is -0.0300. The second-order valence-electron chi connectivity index (χ2n) is 3.02. The van der Waals surface area contributed by atoms with Gasteiger partial charge in [-0.15, -0.1) is 0 Å². The molecule has 1 atom stereocenters. The molecule has 0 radical (unpaired) electrons. The largest absolute Gasteiger partial charge is 1.00 e. The Labute approximate surface area is 120 Å². The molecule has 2 rings (SSSR count).